The third kappa shape index (κ3) is 5.36. The van der Waals surface area contributed by atoms with Gasteiger partial charge in [-0.05, 0) is 70.4 Å². The van der Waals surface area contributed by atoms with Crippen LogP contribution in [0, 0.1) is 5.41 Å². The van der Waals surface area contributed by atoms with Gasteiger partial charge in [0.05, 0.1) is 19.1 Å². The van der Waals surface area contributed by atoms with Crippen molar-refractivity contribution in [2.24, 2.45) is 5.41 Å². The molecule has 1 aliphatic rings. The topological polar surface area (TPSA) is 44.8 Å². The van der Waals surface area contributed by atoms with Crippen molar-refractivity contribution in [3.8, 4) is 11.5 Å². The standard InChI is InChI=1S/C20H30O4Si/c1-20(2,3)19(21)23-11-7-9-15-13-16-10-8-12-25(5,6)24-18(16)17(14-15)22-4/h8,10,13-14H,7,9,11-12H2,1-6H3. The van der Waals surface area contributed by atoms with E-state index in [4.69, 9.17) is 13.9 Å². The zero-order valence-electron chi connectivity index (χ0n) is 16.3. The van der Waals surface area contributed by atoms with Crippen LogP contribution in [0.4, 0.5) is 0 Å². The SMILES string of the molecule is COc1cc(CCCOC(=O)C(C)(C)C)cc2c1O[Si](C)(C)CC=C2. The summed E-state index contributed by atoms with van der Waals surface area (Å²) in [6.07, 6.45) is 5.94. The molecule has 0 unspecified atom stereocenters. The molecule has 0 atom stereocenters. The van der Waals surface area contributed by atoms with Gasteiger partial charge >= 0.3 is 5.97 Å². The van der Waals surface area contributed by atoms with E-state index in [0.717, 1.165) is 41.5 Å². The van der Waals surface area contributed by atoms with Crippen LogP contribution in [0.2, 0.25) is 19.1 Å². The molecule has 0 radical (unpaired) electrons. The Bertz CT molecular complexity index is 656. The third-order valence-corrected chi connectivity index (χ3v) is 6.08. The molecular weight excluding hydrogens is 332 g/mol. The Balaban J connectivity index is 2.06. The highest BCUT2D eigenvalue weighted by atomic mass is 28.4. The zero-order chi connectivity index (χ0) is 18.7. The Morgan fingerprint density at radius 1 is 1.28 bits per heavy atom. The molecule has 2 rings (SSSR count). The highest BCUT2D eigenvalue weighted by molar-refractivity contribution is 6.72. The maximum absolute atomic E-state index is 11.8. The molecule has 0 amide bonds. The molecule has 0 saturated heterocycles. The third-order valence-electron chi connectivity index (χ3n) is 4.10. The van der Waals surface area contributed by atoms with E-state index in [-0.39, 0.29) is 5.97 Å². The summed E-state index contributed by atoms with van der Waals surface area (Å²) >= 11 is 0. The molecule has 1 aromatic carbocycles. The molecule has 1 heterocycles. The number of benzene rings is 1. The number of ether oxygens (including phenoxy) is 2. The monoisotopic (exact) mass is 362 g/mol. The molecule has 0 N–H and O–H groups in total. The number of aryl methyl sites for hydroxylation is 1. The molecule has 138 valence electrons. The van der Waals surface area contributed by atoms with Crippen molar-refractivity contribution in [2.45, 2.75) is 52.8 Å². The second-order valence-corrected chi connectivity index (χ2v) is 12.3. The predicted molar refractivity (Wildman–Crippen MR) is 104 cm³/mol. The first kappa shape index (κ1) is 19.6. The summed E-state index contributed by atoms with van der Waals surface area (Å²) in [5.74, 6) is 1.48. The number of carbonyl (C=O) groups is 1. The van der Waals surface area contributed by atoms with Gasteiger partial charge in [-0.25, -0.2) is 0 Å². The van der Waals surface area contributed by atoms with Crippen molar-refractivity contribution in [1.29, 1.82) is 0 Å². The van der Waals surface area contributed by atoms with Gasteiger partial charge in [-0.1, -0.05) is 12.2 Å². The fourth-order valence-corrected chi connectivity index (χ4v) is 4.20. The van der Waals surface area contributed by atoms with Gasteiger partial charge in [0.2, 0.25) is 8.32 Å². The summed E-state index contributed by atoms with van der Waals surface area (Å²) in [6, 6.07) is 5.17. The number of methoxy groups -OCH3 is 1. The average molecular weight is 363 g/mol. The Morgan fingerprint density at radius 3 is 2.64 bits per heavy atom. The fraction of sp³-hybridized carbons (Fsp3) is 0.550. The largest absolute Gasteiger partial charge is 0.541 e. The Labute approximate surface area is 152 Å². The Kier molecular flexibility index (Phi) is 5.98. The van der Waals surface area contributed by atoms with Crippen LogP contribution in [-0.4, -0.2) is 28.0 Å². The molecule has 0 spiro atoms. The van der Waals surface area contributed by atoms with Crippen molar-refractivity contribution in [3.63, 3.8) is 0 Å². The minimum atomic E-state index is -1.74. The molecule has 0 bridgehead atoms. The van der Waals surface area contributed by atoms with Gasteiger partial charge in [0.25, 0.3) is 0 Å². The average Bonchev–Trinajstić information content (AvgIpc) is 2.66. The summed E-state index contributed by atoms with van der Waals surface area (Å²) in [5.41, 5.74) is 1.78. The highest BCUT2D eigenvalue weighted by Gasteiger charge is 2.28. The summed E-state index contributed by atoms with van der Waals surface area (Å²) in [5, 5.41) is 0. The van der Waals surface area contributed by atoms with Crippen LogP contribution < -0.4 is 9.16 Å². The van der Waals surface area contributed by atoms with E-state index in [2.05, 4.69) is 31.3 Å². The van der Waals surface area contributed by atoms with E-state index in [0.29, 0.717) is 6.61 Å². The van der Waals surface area contributed by atoms with Gasteiger partial charge in [-0.2, -0.15) is 0 Å². The van der Waals surface area contributed by atoms with Crippen molar-refractivity contribution < 1.29 is 18.7 Å². The second-order valence-electron chi connectivity index (χ2n) is 8.17. The van der Waals surface area contributed by atoms with Gasteiger partial charge in [-0.3, -0.25) is 4.79 Å². The molecule has 5 heteroatoms. The van der Waals surface area contributed by atoms with Gasteiger partial charge in [0.1, 0.15) is 0 Å². The molecule has 1 aliphatic heterocycles. The number of hydrogen-bond acceptors (Lipinski definition) is 4. The lowest BCUT2D eigenvalue weighted by Crippen LogP contribution is -2.32. The van der Waals surface area contributed by atoms with E-state index in [1.165, 1.54) is 0 Å². The van der Waals surface area contributed by atoms with Crippen LogP contribution >= 0.6 is 0 Å². The predicted octanol–water partition coefficient (Wildman–Crippen LogP) is 4.83. The van der Waals surface area contributed by atoms with Gasteiger partial charge in [0, 0.05) is 5.56 Å². The van der Waals surface area contributed by atoms with Gasteiger partial charge < -0.3 is 13.9 Å². The summed E-state index contributed by atoms with van der Waals surface area (Å²) in [6.45, 7) is 10.5. The smallest absolute Gasteiger partial charge is 0.311 e. The number of rotatable bonds is 5. The highest BCUT2D eigenvalue weighted by Crippen LogP contribution is 2.38. The molecule has 4 nitrogen and oxygen atoms in total. The first-order chi connectivity index (χ1) is 11.6. The molecule has 0 fully saturated rings. The molecule has 25 heavy (non-hydrogen) atoms. The number of allylic oxidation sites excluding steroid dienone is 1. The van der Waals surface area contributed by atoms with Crippen molar-refractivity contribution in [1.82, 2.24) is 0 Å². The summed E-state index contributed by atoms with van der Waals surface area (Å²) in [4.78, 5) is 11.8. The van der Waals surface area contributed by atoms with Crippen LogP contribution in [-0.2, 0) is 16.0 Å². The zero-order valence-corrected chi connectivity index (χ0v) is 17.3. The number of carbonyl (C=O) groups excluding carboxylic acids is 1. The lowest BCUT2D eigenvalue weighted by atomic mass is 9.97. The van der Waals surface area contributed by atoms with E-state index >= 15 is 0 Å². The summed E-state index contributed by atoms with van der Waals surface area (Å²) in [7, 11) is -0.0655. The van der Waals surface area contributed by atoms with Crippen LogP contribution in [0.25, 0.3) is 6.08 Å². The number of fused-ring (bicyclic) bond motifs is 1. The second kappa shape index (κ2) is 7.64. The van der Waals surface area contributed by atoms with Crippen molar-refractivity contribution in [3.05, 3.63) is 29.3 Å². The number of esters is 1. The lowest BCUT2D eigenvalue weighted by Gasteiger charge is -2.24. The van der Waals surface area contributed by atoms with Gasteiger partial charge in [-0.15, -0.1) is 0 Å². The molecular formula is C20H30O4Si. The van der Waals surface area contributed by atoms with Crippen LogP contribution in [0.15, 0.2) is 18.2 Å². The van der Waals surface area contributed by atoms with E-state index < -0.39 is 13.7 Å². The molecule has 1 aromatic rings. The van der Waals surface area contributed by atoms with Crippen LogP contribution in [0.5, 0.6) is 11.5 Å². The van der Waals surface area contributed by atoms with Crippen LogP contribution in [0.1, 0.15) is 38.3 Å². The van der Waals surface area contributed by atoms with Gasteiger partial charge in [0.15, 0.2) is 11.5 Å². The normalized spacial score (nSPS) is 15.8. The Morgan fingerprint density at radius 2 is 2.00 bits per heavy atom. The Hall–Kier alpha value is -1.75. The minimum absolute atomic E-state index is 0.157. The first-order valence-electron chi connectivity index (χ1n) is 8.86. The molecule has 0 saturated carbocycles. The fourth-order valence-electron chi connectivity index (χ4n) is 2.66. The molecule has 0 aliphatic carbocycles. The van der Waals surface area contributed by atoms with E-state index in [1.54, 1.807) is 7.11 Å². The van der Waals surface area contributed by atoms with E-state index in [1.807, 2.05) is 26.8 Å². The van der Waals surface area contributed by atoms with Crippen molar-refractivity contribution >= 4 is 20.4 Å². The maximum Gasteiger partial charge on any atom is 0.311 e. The minimum Gasteiger partial charge on any atom is -0.541 e. The number of hydrogen-bond donors (Lipinski definition) is 0. The van der Waals surface area contributed by atoms with E-state index in [9.17, 15) is 4.79 Å². The summed E-state index contributed by atoms with van der Waals surface area (Å²) < 4.78 is 17.2. The van der Waals surface area contributed by atoms with Crippen LogP contribution in [0.3, 0.4) is 0 Å². The quantitative estimate of drug-likeness (QED) is 0.428. The lowest BCUT2D eigenvalue weighted by molar-refractivity contribution is -0.153. The maximum atomic E-state index is 11.8. The first-order valence-corrected chi connectivity index (χ1v) is 12.0. The molecule has 0 aromatic heterocycles. The van der Waals surface area contributed by atoms with Crippen molar-refractivity contribution in [2.75, 3.05) is 13.7 Å².